The maximum atomic E-state index is 12.4. The van der Waals surface area contributed by atoms with Crippen molar-refractivity contribution >= 4 is 17.2 Å². The fraction of sp³-hybridized carbons (Fsp3) is 0.296. The molecule has 0 spiro atoms. The Morgan fingerprint density at radius 1 is 1.00 bits per heavy atom. The number of hydrogen-bond donors (Lipinski definition) is 1. The lowest BCUT2D eigenvalue weighted by Crippen LogP contribution is -2.32. The molecule has 7 nitrogen and oxygen atoms in total. The van der Waals surface area contributed by atoms with Gasteiger partial charge in [-0.15, -0.1) is 0 Å². The van der Waals surface area contributed by atoms with E-state index in [9.17, 15) is 4.79 Å². The highest BCUT2D eigenvalue weighted by Gasteiger charge is 2.31. The molecular formula is C27H29N5O2. The van der Waals surface area contributed by atoms with Crippen LogP contribution in [0.15, 0.2) is 67.0 Å². The lowest BCUT2D eigenvalue weighted by atomic mass is 9.81. The highest BCUT2D eigenvalue weighted by atomic mass is 16.5. The standard InChI is InChI=1S/C27H29N5O2/c1-31(2)27(33)20-10-8-19(9-11-20)26-30-23(24-25(28)29-16-17-32(24)26)18-12-14-22(15-13-18)34-21-6-4-3-5-7-21/h3-7,12-17,19-20H,8-11H2,1-2H3,(H2,28,29)/t19-,20-. The Bertz CT molecular complexity index is 1290. The van der Waals surface area contributed by atoms with Crippen LogP contribution in [-0.4, -0.2) is 39.3 Å². The average molecular weight is 456 g/mol. The van der Waals surface area contributed by atoms with E-state index in [2.05, 4.69) is 9.38 Å². The van der Waals surface area contributed by atoms with Crippen LogP contribution in [0.4, 0.5) is 5.82 Å². The number of ether oxygens (including phenoxy) is 1. The van der Waals surface area contributed by atoms with E-state index in [0.29, 0.717) is 5.82 Å². The Morgan fingerprint density at radius 3 is 2.35 bits per heavy atom. The third-order valence-corrected chi connectivity index (χ3v) is 6.60. The van der Waals surface area contributed by atoms with Crippen molar-refractivity contribution in [1.29, 1.82) is 0 Å². The first-order valence-corrected chi connectivity index (χ1v) is 11.7. The van der Waals surface area contributed by atoms with Gasteiger partial charge >= 0.3 is 0 Å². The molecular weight excluding hydrogens is 426 g/mol. The predicted octanol–water partition coefficient (Wildman–Crippen LogP) is 5.13. The molecule has 2 aromatic heterocycles. The van der Waals surface area contributed by atoms with E-state index < -0.39 is 0 Å². The number of aromatic nitrogens is 3. The molecule has 1 aliphatic rings. The number of nitrogens with zero attached hydrogens (tertiary/aromatic N) is 4. The minimum absolute atomic E-state index is 0.0980. The van der Waals surface area contributed by atoms with Gasteiger partial charge in [0.2, 0.25) is 5.91 Å². The molecule has 0 bridgehead atoms. The molecule has 0 aliphatic heterocycles. The van der Waals surface area contributed by atoms with Gasteiger partial charge in [0.15, 0.2) is 0 Å². The average Bonchev–Trinajstić information content (AvgIpc) is 3.26. The maximum absolute atomic E-state index is 12.4. The fourth-order valence-corrected chi connectivity index (χ4v) is 4.85. The highest BCUT2D eigenvalue weighted by molar-refractivity contribution is 5.85. The van der Waals surface area contributed by atoms with Crippen LogP contribution < -0.4 is 10.5 Å². The Balaban J connectivity index is 1.43. The number of carbonyl (C=O) groups excluding carboxylic acids is 1. The van der Waals surface area contributed by atoms with E-state index >= 15 is 0 Å². The zero-order valence-electron chi connectivity index (χ0n) is 19.5. The van der Waals surface area contributed by atoms with E-state index in [-0.39, 0.29) is 17.7 Å². The monoisotopic (exact) mass is 455 g/mol. The van der Waals surface area contributed by atoms with Crippen LogP contribution in [0.2, 0.25) is 0 Å². The Morgan fingerprint density at radius 2 is 1.68 bits per heavy atom. The third kappa shape index (κ3) is 4.21. The molecule has 4 aromatic rings. The molecule has 5 rings (SSSR count). The van der Waals surface area contributed by atoms with Gasteiger partial charge in [-0.1, -0.05) is 18.2 Å². The van der Waals surface area contributed by atoms with Crippen LogP contribution in [-0.2, 0) is 4.79 Å². The van der Waals surface area contributed by atoms with Gasteiger partial charge in [0.05, 0.1) is 0 Å². The van der Waals surface area contributed by atoms with Crippen LogP contribution in [0.25, 0.3) is 16.8 Å². The van der Waals surface area contributed by atoms with Gasteiger partial charge < -0.3 is 15.4 Å². The van der Waals surface area contributed by atoms with Gasteiger partial charge in [0.25, 0.3) is 0 Å². The summed E-state index contributed by atoms with van der Waals surface area (Å²) in [6.45, 7) is 0. The first-order valence-electron chi connectivity index (χ1n) is 11.7. The number of imidazole rings is 1. The second kappa shape index (κ2) is 9.17. The molecule has 174 valence electrons. The van der Waals surface area contributed by atoms with Crippen molar-refractivity contribution in [3.63, 3.8) is 0 Å². The van der Waals surface area contributed by atoms with Gasteiger partial charge in [-0.3, -0.25) is 9.20 Å². The number of rotatable bonds is 5. The first kappa shape index (κ1) is 21.9. The number of fused-ring (bicyclic) bond motifs is 1. The summed E-state index contributed by atoms with van der Waals surface area (Å²) in [5.41, 5.74) is 8.91. The number of benzene rings is 2. The molecule has 0 radical (unpaired) electrons. The van der Waals surface area contributed by atoms with Crippen molar-refractivity contribution in [2.45, 2.75) is 31.6 Å². The van der Waals surface area contributed by atoms with E-state index in [1.807, 2.05) is 74.9 Å². The van der Waals surface area contributed by atoms with E-state index in [4.69, 9.17) is 15.5 Å². The summed E-state index contributed by atoms with van der Waals surface area (Å²) < 4.78 is 8.01. The molecule has 2 aromatic carbocycles. The summed E-state index contributed by atoms with van der Waals surface area (Å²) in [7, 11) is 3.66. The topological polar surface area (TPSA) is 85.8 Å². The smallest absolute Gasteiger partial charge is 0.225 e. The number of nitrogen functional groups attached to an aromatic ring is 1. The summed E-state index contributed by atoms with van der Waals surface area (Å²) in [6, 6.07) is 17.6. The van der Waals surface area contributed by atoms with Crippen molar-refractivity contribution < 1.29 is 9.53 Å². The number of carbonyl (C=O) groups is 1. The van der Waals surface area contributed by atoms with Gasteiger partial charge in [-0.05, 0) is 62.1 Å². The second-order valence-electron chi connectivity index (χ2n) is 9.07. The van der Waals surface area contributed by atoms with Crippen LogP contribution in [0.3, 0.4) is 0 Å². The van der Waals surface area contributed by atoms with Gasteiger partial charge in [-0.25, -0.2) is 9.97 Å². The molecule has 34 heavy (non-hydrogen) atoms. The van der Waals surface area contributed by atoms with Gasteiger partial charge in [0, 0.05) is 43.9 Å². The fourth-order valence-electron chi connectivity index (χ4n) is 4.85. The normalized spacial score (nSPS) is 18.1. The number of hydrogen-bond acceptors (Lipinski definition) is 5. The molecule has 0 unspecified atom stereocenters. The molecule has 1 saturated carbocycles. The van der Waals surface area contributed by atoms with Crippen molar-refractivity contribution in [3.05, 3.63) is 72.8 Å². The molecule has 0 atom stereocenters. The van der Waals surface area contributed by atoms with Crippen LogP contribution in [0.5, 0.6) is 11.5 Å². The molecule has 1 amide bonds. The molecule has 7 heteroatoms. The van der Waals surface area contributed by atoms with Gasteiger partial charge in [0.1, 0.15) is 34.4 Å². The van der Waals surface area contributed by atoms with E-state index in [1.165, 1.54) is 0 Å². The highest BCUT2D eigenvalue weighted by Crippen LogP contribution is 2.39. The molecule has 1 fully saturated rings. The second-order valence-corrected chi connectivity index (χ2v) is 9.07. The first-order chi connectivity index (χ1) is 16.5. The molecule has 2 heterocycles. The SMILES string of the molecule is CN(C)C(=O)[C@H]1CC[C@H](c2nc(-c3ccc(Oc4ccccc4)cc3)c3c(N)nccn32)CC1. The summed E-state index contributed by atoms with van der Waals surface area (Å²) in [4.78, 5) is 23.5. The van der Waals surface area contributed by atoms with Crippen molar-refractivity contribution in [3.8, 4) is 22.8 Å². The lowest BCUT2D eigenvalue weighted by molar-refractivity contribution is -0.134. The Hall–Kier alpha value is -3.87. The summed E-state index contributed by atoms with van der Waals surface area (Å²) in [5.74, 6) is 3.58. The van der Waals surface area contributed by atoms with Gasteiger partial charge in [-0.2, -0.15) is 0 Å². The number of nitrogens with two attached hydrogens (primary N) is 1. The summed E-state index contributed by atoms with van der Waals surface area (Å²) in [6.07, 6.45) is 7.25. The molecule has 2 N–H and O–H groups in total. The van der Waals surface area contributed by atoms with Crippen LogP contribution in [0.1, 0.15) is 37.4 Å². The molecule has 1 aliphatic carbocycles. The number of amides is 1. The lowest BCUT2D eigenvalue weighted by Gasteiger charge is -2.28. The van der Waals surface area contributed by atoms with Crippen LogP contribution >= 0.6 is 0 Å². The quantitative estimate of drug-likeness (QED) is 0.451. The zero-order valence-corrected chi connectivity index (χ0v) is 19.5. The minimum atomic E-state index is 0.0980. The van der Waals surface area contributed by atoms with Crippen molar-refractivity contribution in [2.75, 3.05) is 19.8 Å². The number of para-hydroxylation sites is 1. The summed E-state index contributed by atoms with van der Waals surface area (Å²) in [5, 5.41) is 0. The largest absolute Gasteiger partial charge is 0.457 e. The third-order valence-electron chi connectivity index (χ3n) is 6.60. The minimum Gasteiger partial charge on any atom is -0.457 e. The Kier molecular flexibility index (Phi) is 5.92. The zero-order chi connectivity index (χ0) is 23.7. The van der Waals surface area contributed by atoms with Crippen molar-refractivity contribution in [2.24, 2.45) is 5.92 Å². The van der Waals surface area contributed by atoms with E-state index in [0.717, 1.165) is 59.8 Å². The number of anilines is 1. The van der Waals surface area contributed by atoms with E-state index in [1.54, 1.807) is 11.1 Å². The molecule has 0 saturated heterocycles. The van der Waals surface area contributed by atoms with Crippen LogP contribution in [0, 0.1) is 5.92 Å². The predicted molar refractivity (Wildman–Crippen MR) is 133 cm³/mol. The maximum Gasteiger partial charge on any atom is 0.225 e. The van der Waals surface area contributed by atoms with Crippen molar-refractivity contribution in [1.82, 2.24) is 19.3 Å². The Labute approximate surface area is 199 Å². The summed E-state index contributed by atoms with van der Waals surface area (Å²) >= 11 is 0.